The summed E-state index contributed by atoms with van der Waals surface area (Å²) in [6, 6.07) is 0. The molecule has 2 rings (SSSR count). The Labute approximate surface area is 102 Å². The third-order valence-corrected chi connectivity index (χ3v) is 3.89. The molecule has 0 spiro atoms. The van der Waals surface area contributed by atoms with Crippen LogP contribution in [0.1, 0.15) is 22.2 Å². The molecule has 1 N–H and O–H groups in total. The van der Waals surface area contributed by atoms with Gasteiger partial charge in [-0.3, -0.25) is 14.2 Å². The number of carbonyl (C=O) groups excluding carboxylic acids is 1. The number of amides is 1. The highest BCUT2D eigenvalue weighted by atomic mass is 32.1. The average Bonchev–Trinajstić information content (AvgIpc) is 2.67. The van der Waals surface area contributed by atoms with Crippen molar-refractivity contribution in [1.29, 1.82) is 0 Å². The normalized spacial score (nSPS) is 10.8. The van der Waals surface area contributed by atoms with E-state index in [9.17, 15) is 9.59 Å². The molecule has 5 nitrogen and oxygen atoms in total. The highest BCUT2D eigenvalue weighted by Gasteiger charge is 2.18. The van der Waals surface area contributed by atoms with Crippen LogP contribution in [0.5, 0.6) is 0 Å². The van der Waals surface area contributed by atoms with Crippen molar-refractivity contribution in [3.63, 3.8) is 0 Å². The molecule has 0 fully saturated rings. The smallest absolute Gasteiger partial charge is 0.262 e. The number of aryl methyl sites for hydroxylation is 2. The van der Waals surface area contributed by atoms with Crippen molar-refractivity contribution in [2.45, 2.75) is 20.4 Å². The van der Waals surface area contributed by atoms with E-state index in [1.807, 2.05) is 6.92 Å². The molecule has 90 valence electrons. The van der Waals surface area contributed by atoms with Crippen molar-refractivity contribution >= 4 is 27.5 Å². The second-order valence-corrected chi connectivity index (χ2v) is 4.65. The lowest BCUT2D eigenvalue weighted by atomic mass is 10.2. The molecule has 0 aliphatic heterocycles. The summed E-state index contributed by atoms with van der Waals surface area (Å²) in [5, 5.41) is 3.12. The molecule has 0 atom stereocenters. The van der Waals surface area contributed by atoms with Crippen LogP contribution in [0.3, 0.4) is 0 Å². The lowest BCUT2D eigenvalue weighted by Gasteiger charge is -2.00. The van der Waals surface area contributed by atoms with E-state index in [2.05, 4.69) is 10.3 Å². The molecule has 2 heterocycles. The Morgan fingerprint density at radius 3 is 2.88 bits per heavy atom. The third-order valence-electron chi connectivity index (χ3n) is 2.69. The number of hydrogen-bond donors (Lipinski definition) is 1. The van der Waals surface area contributed by atoms with Gasteiger partial charge >= 0.3 is 0 Å². The van der Waals surface area contributed by atoms with E-state index < -0.39 is 0 Å². The molecule has 1 amide bonds. The standard InChI is InChI=1S/C11H13N3O2S/c1-4-14-5-13-10-7(11(14)16)6(2)8(17-10)9(15)12-3/h5H,4H2,1-3H3,(H,12,15). The van der Waals surface area contributed by atoms with E-state index in [4.69, 9.17) is 0 Å². The van der Waals surface area contributed by atoms with Crippen molar-refractivity contribution in [2.75, 3.05) is 7.05 Å². The van der Waals surface area contributed by atoms with E-state index in [1.165, 1.54) is 22.2 Å². The summed E-state index contributed by atoms with van der Waals surface area (Å²) in [6.07, 6.45) is 1.52. The lowest BCUT2D eigenvalue weighted by Crippen LogP contribution is -2.20. The number of rotatable bonds is 2. The van der Waals surface area contributed by atoms with Crippen LogP contribution in [-0.2, 0) is 6.54 Å². The molecule has 0 saturated heterocycles. The monoisotopic (exact) mass is 251 g/mol. The number of carbonyl (C=O) groups is 1. The van der Waals surface area contributed by atoms with Crippen molar-refractivity contribution in [2.24, 2.45) is 0 Å². The Balaban J connectivity index is 2.80. The number of aromatic nitrogens is 2. The van der Waals surface area contributed by atoms with Gasteiger partial charge in [-0.1, -0.05) is 0 Å². The van der Waals surface area contributed by atoms with Gasteiger partial charge in [0.05, 0.1) is 16.6 Å². The van der Waals surface area contributed by atoms with Gasteiger partial charge in [-0.25, -0.2) is 4.98 Å². The van der Waals surface area contributed by atoms with Gasteiger partial charge < -0.3 is 5.32 Å². The largest absolute Gasteiger partial charge is 0.354 e. The van der Waals surface area contributed by atoms with Crippen molar-refractivity contribution in [3.05, 3.63) is 27.1 Å². The number of hydrogen-bond acceptors (Lipinski definition) is 4. The molecular formula is C11H13N3O2S. The second-order valence-electron chi connectivity index (χ2n) is 3.65. The quantitative estimate of drug-likeness (QED) is 0.870. The summed E-state index contributed by atoms with van der Waals surface area (Å²) in [7, 11) is 1.57. The summed E-state index contributed by atoms with van der Waals surface area (Å²) in [6.45, 7) is 4.25. The van der Waals surface area contributed by atoms with Gasteiger partial charge in [0.2, 0.25) is 0 Å². The summed E-state index contributed by atoms with van der Waals surface area (Å²) < 4.78 is 1.54. The van der Waals surface area contributed by atoms with E-state index in [0.717, 1.165) is 0 Å². The first-order valence-electron chi connectivity index (χ1n) is 5.30. The van der Waals surface area contributed by atoms with Crippen LogP contribution in [0, 0.1) is 6.92 Å². The van der Waals surface area contributed by atoms with Gasteiger partial charge in [-0.05, 0) is 19.4 Å². The van der Waals surface area contributed by atoms with E-state index in [1.54, 1.807) is 14.0 Å². The van der Waals surface area contributed by atoms with Gasteiger partial charge in [0.15, 0.2) is 0 Å². The second kappa shape index (κ2) is 4.29. The van der Waals surface area contributed by atoms with Gasteiger partial charge in [-0.2, -0.15) is 0 Å². The number of thiophene rings is 1. The number of nitrogens with one attached hydrogen (secondary N) is 1. The molecule has 0 radical (unpaired) electrons. The Morgan fingerprint density at radius 2 is 2.29 bits per heavy atom. The molecule has 0 aliphatic rings. The molecule has 2 aromatic rings. The van der Waals surface area contributed by atoms with E-state index in [0.29, 0.717) is 27.2 Å². The van der Waals surface area contributed by atoms with Crippen LogP contribution in [-0.4, -0.2) is 22.5 Å². The third kappa shape index (κ3) is 1.74. The zero-order valence-electron chi connectivity index (χ0n) is 9.90. The molecule has 0 saturated carbocycles. The van der Waals surface area contributed by atoms with Crippen molar-refractivity contribution in [3.8, 4) is 0 Å². The number of nitrogens with zero attached hydrogens (tertiary/aromatic N) is 2. The summed E-state index contributed by atoms with van der Waals surface area (Å²) in [4.78, 5) is 29.1. The Bertz CT molecular complexity index is 642. The number of fused-ring (bicyclic) bond motifs is 1. The van der Waals surface area contributed by atoms with Crippen molar-refractivity contribution in [1.82, 2.24) is 14.9 Å². The zero-order chi connectivity index (χ0) is 12.6. The highest BCUT2D eigenvalue weighted by Crippen LogP contribution is 2.26. The maximum absolute atomic E-state index is 12.1. The van der Waals surface area contributed by atoms with Gasteiger partial charge in [0.25, 0.3) is 11.5 Å². The lowest BCUT2D eigenvalue weighted by molar-refractivity contribution is 0.0966. The van der Waals surface area contributed by atoms with Gasteiger partial charge in [0, 0.05) is 13.6 Å². The van der Waals surface area contributed by atoms with Crippen molar-refractivity contribution < 1.29 is 4.79 Å². The molecule has 0 unspecified atom stereocenters. The van der Waals surface area contributed by atoms with Crippen LogP contribution >= 0.6 is 11.3 Å². The highest BCUT2D eigenvalue weighted by molar-refractivity contribution is 7.20. The molecule has 0 aliphatic carbocycles. The average molecular weight is 251 g/mol. The van der Waals surface area contributed by atoms with Gasteiger partial charge in [-0.15, -0.1) is 11.3 Å². The maximum Gasteiger partial charge on any atom is 0.262 e. The molecule has 0 aromatic carbocycles. The Kier molecular flexibility index (Phi) is 2.97. The van der Waals surface area contributed by atoms with Crippen LogP contribution in [0.2, 0.25) is 0 Å². The van der Waals surface area contributed by atoms with E-state index in [-0.39, 0.29) is 11.5 Å². The first-order valence-corrected chi connectivity index (χ1v) is 6.12. The predicted octanol–water partition coefficient (Wildman–Crippen LogP) is 1.15. The fourth-order valence-electron chi connectivity index (χ4n) is 1.71. The maximum atomic E-state index is 12.1. The molecule has 6 heteroatoms. The summed E-state index contributed by atoms with van der Waals surface area (Å²) in [5.41, 5.74) is 0.631. The summed E-state index contributed by atoms with van der Waals surface area (Å²) in [5.74, 6) is -0.173. The van der Waals surface area contributed by atoms with Crippen LogP contribution in [0.25, 0.3) is 10.2 Å². The first kappa shape index (κ1) is 11.8. The molecule has 0 bridgehead atoms. The van der Waals surface area contributed by atoms with Crippen LogP contribution in [0.15, 0.2) is 11.1 Å². The van der Waals surface area contributed by atoms with Crippen LogP contribution < -0.4 is 10.9 Å². The minimum absolute atomic E-state index is 0.0820. The first-order chi connectivity index (χ1) is 8.10. The zero-order valence-corrected chi connectivity index (χ0v) is 10.7. The molecular weight excluding hydrogens is 238 g/mol. The molecule has 17 heavy (non-hydrogen) atoms. The molecule has 2 aromatic heterocycles. The van der Waals surface area contributed by atoms with Gasteiger partial charge in [0.1, 0.15) is 4.83 Å². The fraction of sp³-hybridized carbons (Fsp3) is 0.364. The minimum atomic E-state index is -0.173. The topological polar surface area (TPSA) is 64.0 Å². The Morgan fingerprint density at radius 1 is 1.59 bits per heavy atom. The summed E-state index contributed by atoms with van der Waals surface area (Å²) >= 11 is 1.25. The predicted molar refractivity (Wildman–Crippen MR) is 67.7 cm³/mol. The Hall–Kier alpha value is -1.69. The minimum Gasteiger partial charge on any atom is -0.354 e. The SMILES string of the molecule is CCn1cnc2sc(C(=O)NC)c(C)c2c1=O. The van der Waals surface area contributed by atoms with E-state index >= 15 is 0 Å². The fourth-order valence-corrected chi connectivity index (χ4v) is 2.80. The van der Waals surface area contributed by atoms with Crippen LogP contribution in [0.4, 0.5) is 0 Å².